The highest BCUT2D eigenvalue weighted by Gasteiger charge is 2.53. The van der Waals surface area contributed by atoms with Gasteiger partial charge in [-0.3, -0.25) is 4.79 Å². The molecule has 1 aromatic rings. The van der Waals surface area contributed by atoms with Crippen LogP contribution in [0, 0.1) is 17.3 Å². The smallest absolute Gasteiger partial charge is 0.163 e. The van der Waals surface area contributed by atoms with Crippen LogP contribution in [0.5, 0.6) is 0 Å². The van der Waals surface area contributed by atoms with Crippen molar-refractivity contribution in [1.29, 1.82) is 0 Å². The molecule has 0 N–H and O–H groups in total. The second-order valence-electron chi connectivity index (χ2n) is 11.8. The summed E-state index contributed by atoms with van der Waals surface area (Å²) in [7, 11) is -1.12. The summed E-state index contributed by atoms with van der Waals surface area (Å²) in [6.07, 6.45) is 1.12. The number of ether oxygens (including phenoxy) is 5. The molecule has 6 nitrogen and oxygen atoms in total. The average Bonchev–Trinajstić information content (AvgIpc) is 3.12. The predicted molar refractivity (Wildman–Crippen MR) is 135 cm³/mol. The van der Waals surface area contributed by atoms with E-state index in [0.717, 1.165) is 24.6 Å². The summed E-state index contributed by atoms with van der Waals surface area (Å²) in [4.78, 5) is 13.1. The van der Waals surface area contributed by atoms with Crippen molar-refractivity contribution in [3.8, 4) is 0 Å². The van der Waals surface area contributed by atoms with E-state index < -0.39 is 13.9 Å². The van der Waals surface area contributed by atoms with Crippen LogP contribution in [0.15, 0.2) is 30.3 Å². The topological polar surface area (TPSA) is 63.2 Å². The van der Waals surface area contributed by atoms with Crippen LogP contribution in [-0.4, -0.2) is 59.0 Å². The molecular weight excluding hydrogens is 448 g/mol. The van der Waals surface area contributed by atoms with Gasteiger partial charge in [-0.15, -0.1) is 0 Å². The standard InChI is InChI=1S/C27H44O6Si/c1-26(2)32-18-24(33-26)25-22(17-30-16-21-10-8-7-9-11-21)23(28)12-13-27(25,3)19-31-20-29-14-15-34(4,5)6/h7-11,22,24-25H,12-20H2,1-6H3/t22-,24-,25-,27-/m0/s1. The lowest BCUT2D eigenvalue weighted by atomic mass is 9.60. The number of Topliss-reactive ketones (excluding diaryl/α,β-unsaturated/α-hetero) is 1. The molecule has 2 aliphatic rings. The fourth-order valence-electron chi connectivity index (χ4n) is 5.06. The maximum Gasteiger partial charge on any atom is 0.163 e. The van der Waals surface area contributed by atoms with Gasteiger partial charge in [-0.25, -0.2) is 0 Å². The SMILES string of the molecule is CC1(C)OC[C@@H]([C@@H]2[C@@H](COCc3ccccc3)C(=O)CC[C@@]2(C)COCOCC[Si](C)(C)C)O1. The van der Waals surface area contributed by atoms with Crippen LogP contribution in [0.4, 0.5) is 0 Å². The lowest BCUT2D eigenvalue weighted by molar-refractivity contribution is -0.178. The number of rotatable bonds is 12. The molecule has 0 spiro atoms. The minimum Gasteiger partial charge on any atom is -0.376 e. The van der Waals surface area contributed by atoms with Crippen molar-refractivity contribution < 1.29 is 28.5 Å². The Balaban J connectivity index is 1.65. The summed E-state index contributed by atoms with van der Waals surface area (Å²) >= 11 is 0. The largest absolute Gasteiger partial charge is 0.376 e. The zero-order valence-corrected chi connectivity index (χ0v) is 22.9. The van der Waals surface area contributed by atoms with Crippen molar-refractivity contribution in [3.05, 3.63) is 35.9 Å². The summed E-state index contributed by atoms with van der Waals surface area (Å²) < 4.78 is 30.1. The van der Waals surface area contributed by atoms with Crippen molar-refractivity contribution in [1.82, 2.24) is 0 Å². The number of hydrogen-bond donors (Lipinski definition) is 0. The first kappa shape index (κ1) is 27.5. The molecule has 34 heavy (non-hydrogen) atoms. The summed E-state index contributed by atoms with van der Waals surface area (Å²) in [6.45, 7) is 16.0. The van der Waals surface area contributed by atoms with Crippen LogP contribution in [0.25, 0.3) is 0 Å². The van der Waals surface area contributed by atoms with Crippen molar-refractivity contribution >= 4 is 13.9 Å². The number of ketones is 1. The third kappa shape index (κ3) is 7.97. The quantitative estimate of drug-likeness (QED) is 0.225. The summed E-state index contributed by atoms with van der Waals surface area (Å²) in [5.74, 6) is -0.702. The molecule has 7 heteroatoms. The third-order valence-corrected chi connectivity index (χ3v) is 8.73. The highest BCUT2D eigenvalue weighted by molar-refractivity contribution is 6.76. The number of carbonyl (C=O) groups excluding carboxylic acids is 1. The maximum absolute atomic E-state index is 13.1. The predicted octanol–water partition coefficient (Wildman–Crippen LogP) is 5.29. The van der Waals surface area contributed by atoms with Crippen LogP contribution >= 0.6 is 0 Å². The van der Waals surface area contributed by atoms with Gasteiger partial charge in [-0.1, -0.05) is 56.9 Å². The molecule has 0 radical (unpaired) electrons. The lowest BCUT2D eigenvalue weighted by Gasteiger charge is -2.47. The molecule has 3 rings (SSSR count). The Morgan fingerprint density at radius 2 is 1.79 bits per heavy atom. The fourth-order valence-corrected chi connectivity index (χ4v) is 5.82. The van der Waals surface area contributed by atoms with E-state index in [1.165, 1.54) is 0 Å². The van der Waals surface area contributed by atoms with Gasteiger partial charge in [0.15, 0.2) is 5.79 Å². The van der Waals surface area contributed by atoms with Gasteiger partial charge >= 0.3 is 0 Å². The number of hydrogen-bond acceptors (Lipinski definition) is 6. The van der Waals surface area contributed by atoms with Gasteiger partial charge in [-0.05, 0) is 37.3 Å². The van der Waals surface area contributed by atoms with E-state index in [1.54, 1.807) is 0 Å². The van der Waals surface area contributed by atoms with Crippen molar-refractivity contribution in [2.24, 2.45) is 17.3 Å². The highest BCUT2D eigenvalue weighted by Crippen LogP contribution is 2.48. The molecule has 0 amide bonds. The van der Waals surface area contributed by atoms with Gasteiger partial charge in [0.2, 0.25) is 0 Å². The van der Waals surface area contributed by atoms with E-state index >= 15 is 0 Å². The van der Waals surface area contributed by atoms with E-state index in [1.807, 2.05) is 44.2 Å². The normalized spacial score (nSPS) is 29.5. The molecular formula is C27H44O6Si. The zero-order chi connectivity index (χ0) is 24.8. The van der Waals surface area contributed by atoms with E-state index in [2.05, 4.69) is 26.6 Å². The van der Waals surface area contributed by atoms with Crippen LogP contribution < -0.4 is 0 Å². The van der Waals surface area contributed by atoms with Gasteiger partial charge in [0.05, 0.1) is 32.5 Å². The summed E-state index contributed by atoms with van der Waals surface area (Å²) in [5.41, 5.74) is 0.871. The average molecular weight is 493 g/mol. The third-order valence-electron chi connectivity index (χ3n) is 7.03. The Kier molecular flexibility index (Phi) is 9.51. The maximum atomic E-state index is 13.1. The second kappa shape index (κ2) is 11.8. The first-order valence-electron chi connectivity index (χ1n) is 12.6. The minimum atomic E-state index is -1.12. The molecule has 1 aliphatic carbocycles. The monoisotopic (exact) mass is 492 g/mol. The van der Waals surface area contributed by atoms with Crippen molar-refractivity contribution in [2.75, 3.05) is 33.2 Å². The molecule has 2 fully saturated rings. The molecule has 0 aromatic heterocycles. The van der Waals surface area contributed by atoms with Crippen molar-refractivity contribution in [3.63, 3.8) is 0 Å². The van der Waals surface area contributed by atoms with Crippen molar-refractivity contribution in [2.45, 2.75) is 77.8 Å². The van der Waals surface area contributed by atoms with Crippen LogP contribution in [0.3, 0.4) is 0 Å². The first-order chi connectivity index (χ1) is 16.0. The molecule has 192 valence electrons. The zero-order valence-electron chi connectivity index (χ0n) is 21.9. The van der Waals surface area contributed by atoms with Gasteiger partial charge in [0, 0.05) is 32.9 Å². The summed E-state index contributed by atoms with van der Waals surface area (Å²) in [6, 6.07) is 11.2. The van der Waals surface area contributed by atoms with Crippen LogP contribution in [0.2, 0.25) is 25.7 Å². The molecule has 1 saturated heterocycles. The fraction of sp³-hybridized carbons (Fsp3) is 0.741. The Morgan fingerprint density at radius 1 is 1.06 bits per heavy atom. The Bertz CT molecular complexity index is 777. The second-order valence-corrected chi connectivity index (χ2v) is 17.4. The molecule has 1 heterocycles. The molecule has 1 aromatic carbocycles. The first-order valence-corrected chi connectivity index (χ1v) is 16.3. The Hall–Kier alpha value is -1.09. The minimum absolute atomic E-state index is 0.0479. The van der Waals surface area contributed by atoms with Gasteiger partial charge in [-0.2, -0.15) is 0 Å². The molecule has 0 unspecified atom stereocenters. The Labute approximate surface area is 206 Å². The summed E-state index contributed by atoms with van der Waals surface area (Å²) in [5, 5.41) is 0. The highest BCUT2D eigenvalue weighted by atomic mass is 28.3. The van der Waals surface area contributed by atoms with Crippen LogP contribution in [0.1, 0.15) is 39.2 Å². The number of benzene rings is 1. The van der Waals surface area contributed by atoms with Gasteiger partial charge in [0.1, 0.15) is 12.6 Å². The van der Waals surface area contributed by atoms with Crippen LogP contribution in [-0.2, 0) is 35.1 Å². The molecule has 1 aliphatic heterocycles. The lowest BCUT2D eigenvalue weighted by Crippen LogP contribution is -2.52. The van der Waals surface area contributed by atoms with E-state index in [0.29, 0.717) is 32.8 Å². The van der Waals surface area contributed by atoms with Gasteiger partial charge < -0.3 is 23.7 Å². The van der Waals surface area contributed by atoms with E-state index in [4.69, 9.17) is 23.7 Å². The van der Waals surface area contributed by atoms with E-state index in [9.17, 15) is 4.79 Å². The van der Waals surface area contributed by atoms with E-state index in [-0.39, 0.29) is 35.9 Å². The molecule has 1 saturated carbocycles. The molecule has 0 bridgehead atoms. The number of carbonyl (C=O) groups is 1. The van der Waals surface area contributed by atoms with Gasteiger partial charge in [0.25, 0.3) is 0 Å². The Morgan fingerprint density at radius 3 is 2.44 bits per heavy atom. The molecule has 4 atom stereocenters.